The van der Waals surface area contributed by atoms with Crippen LogP contribution in [0.15, 0.2) is 24.3 Å². The van der Waals surface area contributed by atoms with Crippen molar-refractivity contribution in [3.05, 3.63) is 29.3 Å². The highest BCUT2D eigenvalue weighted by Crippen LogP contribution is 2.22. The quantitative estimate of drug-likeness (QED) is 0.722. The van der Waals surface area contributed by atoms with E-state index in [4.69, 9.17) is 27.9 Å². The average Bonchev–Trinajstić information content (AvgIpc) is 2.38. The highest BCUT2D eigenvalue weighted by atomic mass is 35.5. The van der Waals surface area contributed by atoms with Crippen molar-refractivity contribution in [1.82, 2.24) is 4.90 Å². The van der Waals surface area contributed by atoms with Crippen LogP contribution in [0.2, 0.25) is 5.02 Å². The average molecular weight is 290 g/mol. The van der Waals surface area contributed by atoms with Gasteiger partial charge in [-0.2, -0.15) is 0 Å². The minimum absolute atomic E-state index is 0.0819. The van der Waals surface area contributed by atoms with Crippen LogP contribution in [0.3, 0.4) is 0 Å². The van der Waals surface area contributed by atoms with Crippen LogP contribution in [-0.4, -0.2) is 36.9 Å². The van der Waals surface area contributed by atoms with Crippen molar-refractivity contribution in [2.24, 2.45) is 0 Å². The SMILES string of the molecule is CN(CCOc1ccccc1Cl)C(=O)CCCCl. The summed E-state index contributed by atoms with van der Waals surface area (Å²) in [5.41, 5.74) is 0. The standard InChI is InChI=1S/C13H17Cl2NO2/c1-16(13(17)7-4-8-14)9-10-18-12-6-3-2-5-11(12)15/h2-3,5-6H,4,7-10H2,1H3. The van der Waals surface area contributed by atoms with E-state index in [2.05, 4.69) is 0 Å². The Labute approximate surface area is 118 Å². The van der Waals surface area contributed by atoms with Crippen LogP contribution in [-0.2, 0) is 4.79 Å². The number of amides is 1. The molecule has 0 heterocycles. The van der Waals surface area contributed by atoms with Crippen molar-refractivity contribution in [3.63, 3.8) is 0 Å². The first kappa shape index (κ1) is 15.1. The van der Waals surface area contributed by atoms with Crippen molar-refractivity contribution in [1.29, 1.82) is 0 Å². The molecule has 0 bridgehead atoms. The number of nitrogens with zero attached hydrogens (tertiary/aromatic N) is 1. The lowest BCUT2D eigenvalue weighted by atomic mass is 10.3. The molecule has 0 spiro atoms. The summed E-state index contributed by atoms with van der Waals surface area (Å²) >= 11 is 11.5. The van der Waals surface area contributed by atoms with Crippen molar-refractivity contribution in [3.8, 4) is 5.75 Å². The van der Waals surface area contributed by atoms with Crippen molar-refractivity contribution >= 4 is 29.1 Å². The van der Waals surface area contributed by atoms with Gasteiger partial charge in [-0.1, -0.05) is 23.7 Å². The molecule has 0 unspecified atom stereocenters. The zero-order valence-electron chi connectivity index (χ0n) is 10.4. The molecule has 1 amide bonds. The lowest BCUT2D eigenvalue weighted by Gasteiger charge is -2.17. The molecule has 0 saturated heterocycles. The molecule has 18 heavy (non-hydrogen) atoms. The van der Waals surface area contributed by atoms with Gasteiger partial charge < -0.3 is 9.64 Å². The predicted octanol–water partition coefficient (Wildman–Crippen LogP) is 3.20. The normalized spacial score (nSPS) is 10.2. The molecule has 3 nitrogen and oxygen atoms in total. The molecule has 1 aromatic rings. The Morgan fingerprint density at radius 3 is 2.78 bits per heavy atom. The Morgan fingerprint density at radius 1 is 1.39 bits per heavy atom. The topological polar surface area (TPSA) is 29.5 Å². The Balaban J connectivity index is 2.29. The molecule has 5 heteroatoms. The number of hydrogen-bond donors (Lipinski definition) is 0. The van der Waals surface area contributed by atoms with E-state index in [0.29, 0.717) is 42.6 Å². The van der Waals surface area contributed by atoms with Gasteiger partial charge in [-0.25, -0.2) is 0 Å². The van der Waals surface area contributed by atoms with Crippen molar-refractivity contribution < 1.29 is 9.53 Å². The lowest BCUT2D eigenvalue weighted by Crippen LogP contribution is -2.30. The predicted molar refractivity (Wildman–Crippen MR) is 74.5 cm³/mol. The number of alkyl halides is 1. The van der Waals surface area contributed by atoms with E-state index in [-0.39, 0.29) is 5.91 Å². The summed E-state index contributed by atoms with van der Waals surface area (Å²) in [7, 11) is 1.76. The molecule has 0 aliphatic heterocycles. The summed E-state index contributed by atoms with van der Waals surface area (Å²) in [6.45, 7) is 0.958. The minimum Gasteiger partial charge on any atom is -0.490 e. The second kappa shape index (κ2) is 8.22. The van der Waals surface area contributed by atoms with Gasteiger partial charge in [0.15, 0.2) is 0 Å². The largest absolute Gasteiger partial charge is 0.490 e. The van der Waals surface area contributed by atoms with Crippen LogP contribution < -0.4 is 4.74 Å². The second-order valence-electron chi connectivity index (χ2n) is 3.89. The monoisotopic (exact) mass is 289 g/mol. The van der Waals surface area contributed by atoms with E-state index in [1.807, 2.05) is 12.1 Å². The Hall–Kier alpha value is -0.930. The zero-order chi connectivity index (χ0) is 13.4. The number of benzene rings is 1. The van der Waals surface area contributed by atoms with Gasteiger partial charge in [0.05, 0.1) is 11.6 Å². The molecule has 1 rings (SSSR count). The van der Waals surface area contributed by atoms with E-state index in [1.165, 1.54) is 0 Å². The fraction of sp³-hybridized carbons (Fsp3) is 0.462. The van der Waals surface area contributed by atoms with Gasteiger partial charge in [0.25, 0.3) is 0 Å². The number of para-hydroxylation sites is 1. The van der Waals surface area contributed by atoms with Gasteiger partial charge >= 0.3 is 0 Å². The number of hydrogen-bond acceptors (Lipinski definition) is 2. The number of likely N-dealkylation sites (N-methyl/N-ethyl adjacent to an activating group) is 1. The third kappa shape index (κ3) is 5.15. The molecule has 0 atom stereocenters. The fourth-order valence-corrected chi connectivity index (χ4v) is 1.71. The van der Waals surface area contributed by atoms with Crippen molar-refractivity contribution in [2.75, 3.05) is 26.1 Å². The maximum atomic E-state index is 11.6. The molecular weight excluding hydrogens is 273 g/mol. The molecule has 0 N–H and O–H groups in total. The molecule has 0 aliphatic rings. The first-order chi connectivity index (χ1) is 8.65. The third-order valence-corrected chi connectivity index (χ3v) is 3.05. The number of carbonyl (C=O) groups is 1. The molecule has 1 aromatic carbocycles. The van der Waals surface area contributed by atoms with Crippen LogP contribution in [0.25, 0.3) is 0 Å². The van der Waals surface area contributed by atoms with Crippen LogP contribution in [0, 0.1) is 0 Å². The van der Waals surface area contributed by atoms with Gasteiger partial charge in [-0.05, 0) is 18.6 Å². The Bertz CT molecular complexity index is 385. The Morgan fingerprint density at radius 2 is 2.11 bits per heavy atom. The van der Waals surface area contributed by atoms with Gasteiger partial charge in [0.1, 0.15) is 12.4 Å². The van der Waals surface area contributed by atoms with Gasteiger partial charge in [0, 0.05) is 19.3 Å². The van der Waals surface area contributed by atoms with Gasteiger partial charge in [-0.3, -0.25) is 4.79 Å². The van der Waals surface area contributed by atoms with Gasteiger partial charge in [0.2, 0.25) is 5.91 Å². The summed E-state index contributed by atoms with van der Waals surface area (Å²) in [5, 5.41) is 0.577. The van der Waals surface area contributed by atoms with E-state index >= 15 is 0 Å². The Kier molecular flexibility index (Phi) is 6.91. The summed E-state index contributed by atoms with van der Waals surface area (Å²) in [4.78, 5) is 13.2. The van der Waals surface area contributed by atoms with Crippen LogP contribution >= 0.6 is 23.2 Å². The summed E-state index contributed by atoms with van der Waals surface area (Å²) in [6, 6.07) is 7.28. The maximum Gasteiger partial charge on any atom is 0.222 e. The molecule has 100 valence electrons. The molecule has 0 aromatic heterocycles. The van der Waals surface area contributed by atoms with E-state index in [0.717, 1.165) is 0 Å². The molecule has 0 saturated carbocycles. The lowest BCUT2D eigenvalue weighted by molar-refractivity contribution is -0.130. The minimum atomic E-state index is 0.0819. The first-order valence-electron chi connectivity index (χ1n) is 5.82. The molecule has 0 radical (unpaired) electrons. The highest BCUT2D eigenvalue weighted by Gasteiger charge is 2.08. The second-order valence-corrected chi connectivity index (χ2v) is 4.67. The van der Waals surface area contributed by atoms with Crippen LogP contribution in [0.1, 0.15) is 12.8 Å². The van der Waals surface area contributed by atoms with Crippen LogP contribution in [0.5, 0.6) is 5.75 Å². The maximum absolute atomic E-state index is 11.6. The number of carbonyl (C=O) groups excluding carboxylic acids is 1. The zero-order valence-corrected chi connectivity index (χ0v) is 11.9. The smallest absolute Gasteiger partial charge is 0.222 e. The van der Waals surface area contributed by atoms with Gasteiger partial charge in [-0.15, -0.1) is 11.6 Å². The van der Waals surface area contributed by atoms with E-state index < -0.39 is 0 Å². The first-order valence-corrected chi connectivity index (χ1v) is 6.73. The van der Waals surface area contributed by atoms with E-state index in [1.54, 1.807) is 24.1 Å². The number of halogens is 2. The summed E-state index contributed by atoms with van der Waals surface area (Å²) in [5.74, 6) is 1.23. The molecular formula is C13H17Cl2NO2. The number of ether oxygens (including phenoxy) is 1. The van der Waals surface area contributed by atoms with Crippen molar-refractivity contribution in [2.45, 2.75) is 12.8 Å². The fourth-order valence-electron chi connectivity index (χ4n) is 1.39. The third-order valence-electron chi connectivity index (χ3n) is 2.47. The van der Waals surface area contributed by atoms with E-state index in [9.17, 15) is 4.79 Å². The number of rotatable bonds is 7. The molecule has 0 fully saturated rings. The van der Waals surface area contributed by atoms with Crippen LogP contribution in [0.4, 0.5) is 0 Å². The molecule has 0 aliphatic carbocycles. The summed E-state index contributed by atoms with van der Waals surface area (Å²) in [6.07, 6.45) is 1.18. The highest BCUT2D eigenvalue weighted by molar-refractivity contribution is 6.32. The summed E-state index contributed by atoms with van der Waals surface area (Å²) < 4.78 is 5.51.